The number of hydrogen-bond acceptors (Lipinski definition) is 3. The smallest absolute Gasteiger partial charge is 0.410 e. The predicted octanol–water partition coefficient (Wildman–Crippen LogP) is 3.28. The highest BCUT2D eigenvalue weighted by atomic mass is 79.9. The Hall–Kier alpha value is -1.23. The van der Waals surface area contributed by atoms with E-state index in [1.807, 2.05) is 32.9 Å². The van der Waals surface area contributed by atoms with E-state index < -0.39 is 5.60 Å². The fourth-order valence-corrected chi connectivity index (χ4v) is 2.43. The molecule has 5 heteroatoms. The molecule has 2 rings (SSSR count). The summed E-state index contributed by atoms with van der Waals surface area (Å²) in [5, 5.41) is 0. The number of nitrogen functional groups attached to an aromatic ring is 1. The zero-order chi connectivity index (χ0) is 13.5. The number of nitrogens with zero attached hydrogens (tertiary/aromatic N) is 1. The Morgan fingerprint density at radius 2 is 1.94 bits per heavy atom. The molecule has 2 N–H and O–H groups in total. The minimum absolute atomic E-state index is 0.301. The van der Waals surface area contributed by atoms with Crippen LogP contribution in [0.3, 0.4) is 0 Å². The number of carbonyl (C=O) groups excluding carboxylic acids is 1. The van der Waals surface area contributed by atoms with Crippen LogP contribution >= 0.6 is 15.9 Å². The lowest BCUT2D eigenvalue weighted by atomic mass is 10.1. The van der Waals surface area contributed by atoms with Gasteiger partial charge in [0.15, 0.2) is 0 Å². The summed E-state index contributed by atoms with van der Waals surface area (Å²) in [6.45, 7) is 6.63. The van der Waals surface area contributed by atoms with Crippen LogP contribution in [0.2, 0.25) is 0 Å². The van der Waals surface area contributed by atoms with Crippen LogP contribution in [-0.4, -0.2) is 16.6 Å². The number of benzene rings is 1. The van der Waals surface area contributed by atoms with Crippen LogP contribution in [0.15, 0.2) is 16.6 Å². The van der Waals surface area contributed by atoms with Gasteiger partial charge in [-0.15, -0.1) is 0 Å². The lowest BCUT2D eigenvalue weighted by Gasteiger charge is -2.24. The standard InChI is InChI=1S/C13H17BrN2O2/c1-13(2,3)18-12(17)16-6-8-9(7-16)11(15)5-4-10(8)14/h4-5H,6-7,15H2,1-3H3. The molecule has 0 unspecified atom stereocenters. The van der Waals surface area contributed by atoms with E-state index in [1.54, 1.807) is 4.90 Å². The quantitative estimate of drug-likeness (QED) is 0.748. The number of rotatable bonds is 0. The molecule has 0 aliphatic carbocycles. The Kier molecular flexibility index (Phi) is 3.27. The van der Waals surface area contributed by atoms with Crippen molar-refractivity contribution in [3.63, 3.8) is 0 Å². The minimum Gasteiger partial charge on any atom is -0.444 e. The van der Waals surface area contributed by atoms with Gasteiger partial charge in [0.05, 0.1) is 13.1 Å². The van der Waals surface area contributed by atoms with Crippen LogP contribution in [0.4, 0.5) is 10.5 Å². The van der Waals surface area contributed by atoms with Crippen LogP contribution in [0.25, 0.3) is 0 Å². The van der Waals surface area contributed by atoms with E-state index in [2.05, 4.69) is 15.9 Å². The zero-order valence-corrected chi connectivity index (χ0v) is 12.4. The largest absolute Gasteiger partial charge is 0.444 e. The highest BCUT2D eigenvalue weighted by Gasteiger charge is 2.29. The topological polar surface area (TPSA) is 55.6 Å². The molecule has 4 nitrogen and oxygen atoms in total. The first kappa shape index (κ1) is 13.2. The maximum absolute atomic E-state index is 12.0. The van der Waals surface area contributed by atoms with Crippen LogP contribution < -0.4 is 5.73 Å². The maximum Gasteiger partial charge on any atom is 0.410 e. The summed E-state index contributed by atoms with van der Waals surface area (Å²) in [5.74, 6) is 0. The highest BCUT2D eigenvalue weighted by molar-refractivity contribution is 9.10. The number of amides is 1. The number of carbonyl (C=O) groups is 1. The summed E-state index contributed by atoms with van der Waals surface area (Å²) in [6.07, 6.45) is -0.301. The van der Waals surface area contributed by atoms with E-state index in [4.69, 9.17) is 10.5 Å². The van der Waals surface area contributed by atoms with Crippen molar-refractivity contribution < 1.29 is 9.53 Å². The highest BCUT2D eigenvalue weighted by Crippen LogP contribution is 2.34. The summed E-state index contributed by atoms with van der Waals surface area (Å²) in [4.78, 5) is 13.7. The minimum atomic E-state index is -0.478. The average Bonchev–Trinajstić information content (AvgIpc) is 2.67. The van der Waals surface area contributed by atoms with Gasteiger partial charge in [0, 0.05) is 15.7 Å². The molecule has 0 bridgehead atoms. The van der Waals surface area contributed by atoms with E-state index in [0.29, 0.717) is 13.1 Å². The molecule has 0 saturated heterocycles. The van der Waals surface area contributed by atoms with Gasteiger partial charge >= 0.3 is 6.09 Å². The Bertz CT molecular complexity index is 463. The summed E-state index contributed by atoms with van der Waals surface area (Å²) in [6, 6.07) is 3.76. The molecule has 1 amide bonds. The van der Waals surface area contributed by atoms with Gasteiger partial charge in [0.2, 0.25) is 0 Å². The maximum atomic E-state index is 12.0. The molecular weight excluding hydrogens is 296 g/mol. The molecule has 1 aliphatic heterocycles. The molecule has 0 spiro atoms. The molecule has 1 aromatic rings. The van der Waals surface area contributed by atoms with Gasteiger partial charge in [0.25, 0.3) is 0 Å². The molecule has 1 aliphatic rings. The Morgan fingerprint density at radius 1 is 1.33 bits per heavy atom. The van der Waals surface area contributed by atoms with Crippen molar-refractivity contribution in [2.45, 2.75) is 39.5 Å². The van der Waals surface area contributed by atoms with Crippen molar-refractivity contribution in [1.82, 2.24) is 4.90 Å². The second kappa shape index (κ2) is 4.46. The first-order valence-corrected chi connectivity index (χ1v) is 6.61. The first-order chi connectivity index (χ1) is 8.28. The Labute approximate surface area is 115 Å². The average molecular weight is 313 g/mol. The van der Waals surface area contributed by atoms with Crippen molar-refractivity contribution in [3.8, 4) is 0 Å². The second-order valence-electron chi connectivity index (χ2n) is 5.43. The van der Waals surface area contributed by atoms with Crippen LogP contribution in [0.1, 0.15) is 31.9 Å². The number of hydrogen-bond donors (Lipinski definition) is 1. The Balaban J connectivity index is 2.18. The number of anilines is 1. The number of fused-ring (bicyclic) bond motifs is 1. The van der Waals surface area contributed by atoms with E-state index in [0.717, 1.165) is 21.3 Å². The molecule has 0 atom stereocenters. The third-order valence-corrected chi connectivity index (χ3v) is 3.50. The van der Waals surface area contributed by atoms with Crippen LogP contribution in [0.5, 0.6) is 0 Å². The Morgan fingerprint density at radius 3 is 2.50 bits per heavy atom. The van der Waals surface area contributed by atoms with Crippen molar-refractivity contribution in [1.29, 1.82) is 0 Å². The number of nitrogens with two attached hydrogens (primary N) is 1. The molecule has 1 aromatic carbocycles. The molecule has 98 valence electrons. The van der Waals surface area contributed by atoms with Crippen molar-refractivity contribution in [2.75, 3.05) is 5.73 Å². The molecule has 18 heavy (non-hydrogen) atoms. The van der Waals surface area contributed by atoms with Gasteiger partial charge in [-0.1, -0.05) is 15.9 Å². The summed E-state index contributed by atoms with van der Waals surface area (Å²) < 4.78 is 6.35. The van der Waals surface area contributed by atoms with E-state index >= 15 is 0 Å². The number of halogens is 1. The SMILES string of the molecule is CC(C)(C)OC(=O)N1Cc2c(N)ccc(Br)c2C1. The van der Waals surface area contributed by atoms with Crippen LogP contribution in [-0.2, 0) is 17.8 Å². The van der Waals surface area contributed by atoms with Crippen molar-refractivity contribution in [2.24, 2.45) is 0 Å². The molecular formula is C13H17BrN2O2. The predicted molar refractivity (Wildman–Crippen MR) is 74.0 cm³/mol. The van der Waals surface area contributed by atoms with Gasteiger partial charge < -0.3 is 10.5 Å². The fourth-order valence-electron chi connectivity index (χ4n) is 1.93. The van der Waals surface area contributed by atoms with Gasteiger partial charge in [-0.3, -0.25) is 4.90 Å². The van der Waals surface area contributed by atoms with Crippen molar-refractivity contribution in [3.05, 3.63) is 27.7 Å². The zero-order valence-electron chi connectivity index (χ0n) is 10.8. The van der Waals surface area contributed by atoms with E-state index in [-0.39, 0.29) is 6.09 Å². The third kappa shape index (κ3) is 2.61. The summed E-state index contributed by atoms with van der Waals surface area (Å²) >= 11 is 3.49. The first-order valence-electron chi connectivity index (χ1n) is 5.81. The fraction of sp³-hybridized carbons (Fsp3) is 0.462. The molecule has 0 fully saturated rings. The van der Waals surface area contributed by atoms with Gasteiger partial charge in [-0.25, -0.2) is 4.79 Å². The lowest BCUT2D eigenvalue weighted by molar-refractivity contribution is 0.0242. The summed E-state index contributed by atoms with van der Waals surface area (Å²) in [7, 11) is 0. The molecule has 0 radical (unpaired) electrons. The van der Waals surface area contributed by atoms with Gasteiger partial charge in [-0.2, -0.15) is 0 Å². The van der Waals surface area contributed by atoms with Gasteiger partial charge in [0.1, 0.15) is 5.60 Å². The van der Waals surface area contributed by atoms with Gasteiger partial charge in [-0.05, 0) is 38.5 Å². The van der Waals surface area contributed by atoms with E-state index in [9.17, 15) is 4.79 Å². The van der Waals surface area contributed by atoms with Crippen LogP contribution in [0, 0.1) is 0 Å². The lowest BCUT2D eigenvalue weighted by Crippen LogP contribution is -2.33. The second-order valence-corrected chi connectivity index (χ2v) is 6.28. The van der Waals surface area contributed by atoms with E-state index in [1.165, 1.54) is 0 Å². The molecule has 0 saturated carbocycles. The van der Waals surface area contributed by atoms with Crippen molar-refractivity contribution >= 4 is 27.7 Å². The molecule has 0 aromatic heterocycles. The normalized spacial score (nSPS) is 14.6. The number of ether oxygens (including phenoxy) is 1. The third-order valence-electron chi connectivity index (χ3n) is 2.76. The monoisotopic (exact) mass is 312 g/mol. The summed E-state index contributed by atoms with van der Waals surface area (Å²) in [5.41, 5.74) is 8.25. The molecule has 1 heterocycles.